The maximum Gasteiger partial charge on any atom is 0.303 e. The van der Waals surface area contributed by atoms with Gasteiger partial charge in [-0.2, -0.15) is 0 Å². The molecule has 0 amide bonds. The Kier molecular flexibility index (Phi) is 45.7. The highest BCUT2D eigenvalue weighted by Crippen LogP contribution is 1.68. The van der Waals surface area contributed by atoms with Gasteiger partial charge >= 0.3 is 23.9 Å². The molecule has 0 radical (unpaired) electrons. The molecule has 0 aliphatic heterocycles. The smallest absolute Gasteiger partial charge is 0.303 e. The van der Waals surface area contributed by atoms with Crippen LogP contribution in [0.1, 0.15) is 59.8 Å². The summed E-state index contributed by atoms with van der Waals surface area (Å²) < 4.78 is 0. The number of carboxylic acids is 4. The van der Waals surface area contributed by atoms with Crippen molar-refractivity contribution in [2.45, 2.75) is 59.8 Å². The van der Waals surface area contributed by atoms with Crippen LogP contribution in [0.2, 0.25) is 0 Å². The maximum atomic E-state index is 9.37. The number of carboxylic acid groups (broad SMARTS) is 4. The minimum absolute atomic E-state index is 0.222. The molecule has 0 aromatic rings. The molecule has 10 nitrogen and oxygen atoms in total. The van der Waals surface area contributed by atoms with Crippen molar-refractivity contribution < 1.29 is 39.6 Å². The summed E-state index contributed by atoms with van der Waals surface area (Å²) in [5, 5.41) is 30.9. The number of hydrogen-bond acceptors (Lipinski definition) is 6. The largest absolute Gasteiger partial charge is 0.481 e. The molecule has 0 unspecified atom stereocenters. The molecule has 8 N–H and O–H groups in total. The van der Waals surface area contributed by atoms with E-state index in [-0.39, 0.29) is 25.7 Å². The van der Waals surface area contributed by atoms with Crippen molar-refractivity contribution in [1.82, 2.24) is 0 Å². The van der Waals surface area contributed by atoms with Crippen LogP contribution in [-0.4, -0.2) is 57.4 Å². The molecule has 10 heteroatoms. The van der Waals surface area contributed by atoms with Crippen molar-refractivity contribution in [3.05, 3.63) is 0 Å². The lowest BCUT2D eigenvalue weighted by molar-refractivity contribution is -0.137. The van der Waals surface area contributed by atoms with Crippen LogP contribution >= 0.6 is 0 Å². The first-order valence-electron chi connectivity index (χ1n) is 7.77. The zero-order valence-electron chi connectivity index (χ0n) is 15.5. The van der Waals surface area contributed by atoms with Crippen molar-refractivity contribution in [1.29, 1.82) is 0 Å². The second kappa shape index (κ2) is 33.4. The third-order valence-electron chi connectivity index (χ3n) is 1.62. The van der Waals surface area contributed by atoms with E-state index in [0.717, 1.165) is 19.5 Å². The molecule has 0 fully saturated rings. The highest BCUT2D eigenvalue weighted by atomic mass is 16.4. The van der Waals surface area contributed by atoms with Crippen molar-refractivity contribution >= 4 is 23.9 Å². The van der Waals surface area contributed by atoms with E-state index < -0.39 is 23.9 Å². The molecule has 0 aliphatic rings. The Hall–Kier alpha value is -2.20. The summed E-state index contributed by atoms with van der Waals surface area (Å²) in [6.45, 7) is 7.84. The van der Waals surface area contributed by atoms with E-state index in [9.17, 15) is 19.2 Å². The first-order valence-corrected chi connectivity index (χ1v) is 7.77. The van der Waals surface area contributed by atoms with Gasteiger partial charge in [0.2, 0.25) is 0 Å². The van der Waals surface area contributed by atoms with Crippen LogP contribution in [0.5, 0.6) is 0 Å². The van der Waals surface area contributed by atoms with Crippen LogP contribution in [0.25, 0.3) is 0 Å². The summed E-state index contributed by atoms with van der Waals surface area (Å²) in [7, 11) is 0. The first-order chi connectivity index (χ1) is 11.5. The molecule has 0 atom stereocenters. The fourth-order valence-corrected chi connectivity index (χ4v) is 0.118. The SMILES string of the molecule is CCC(=O)O.CCC(=O)O.CCC(=O)O.CCC(=O)O.NCCCN. The molecule has 0 aromatic carbocycles. The summed E-state index contributed by atoms with van der Waals surface area (Å²) in [6.07, 6.45) is 1.83. The summed E-state index contributed by atoms with van der Waals surface area (Å²) >= 11 is 0. The lowest BCUT2D eigenvalue weighted by atomic mass is 10.4. The Balaban J connectivity index is -0.0000000667. The fourth-order valence-electron chi connectivity index (χ4n) is 0.118. The van der Waals surface area contributed by atoms with Crippen LogP contribution < -0.4 is 11.5 Å². The molecule has 0 saturated heterocycles. The summed E-state index contributed by atoms with van der Waals surface area (Å²) in [5.41, 5.74) is 10.1. The average molecular weight is 370 g/mol. The van der Waals surface area contributed by atoms with Gasteiger partial charge in [-0.25, -0.2) is 0 Å². The summed E-state index contributed by atoms with van der Waals surface area (Å²) in [4.78, 5) is 37.5. The highest BCUT2D eigenvalue weighted by Gasteiger charge is 1.82. The number of hydrogen-bond donors (Lipinski definition) is 6. The number of carbonyl (C=O) groups is 4. The molecule has 0 heterocycles. The van der Waals surface area contributed by atoms with Crippen LogP contribution in [0.3, 0.4) is 0 Å². The van der Waals surface area contributed by atoms with Gasteiger partial charge in [0.1, 0.15) is 0 Å². The number of rotatable bonds is 6. The van der Waals surface area contributed by atoms with Crippen molar-refractivity contribution in [3.63, 3.8) is 0 Å². The third-order valence-corrected chi connectivity index (χ3v) is 1.62. The molecule has 0 spiro atoms. The highest BCUT2D eigenvalue weighted by molar-refractivity contribution is 5.66. The van der Waals surface area contributed by atoms with Gasteiger partial charge in [0, 0.05) is 25.7 Å². The van der Waals surface area contributed by atoms with E-state index in [1.807, 2.05) is 0 Å². The first kappa shape index (κ1) is 34.2. The maximum absolute atomic E-state index is 9.37. The van der Waals surface area contributed by atoms with E-state index in [1.165, 1.54) is 0 Å². The minimum atomic E-state index is -0.745. The molecule has 152 valence electrons. The summed E-state index contributed by atoms with van der Waals surface area (Å²) in [6, 6.07) is 0. The molecule has 0 saturated carbocycles. The van der Waals surface area contributed by atoms with Crippen LogP contribution in [0.4, 0.5) is 0 Å². The Bertz CT molecular complexity index is 265. The Morgan fingerprint density at radius 1 is 0.560 bits per heavy atom. The van der Waals surface area contributed by atoms with Crippen LogP contribution in [-0.2, 0) is 19.2 Å². The quantitative estimate of drug-likeness (QED) is 0.394. The van der Waals surface area contributed by atoms with Crippen molar-refractivity contribution in [3.8, 4) is 0 Å². The predicted molar refractivity (Wildman–Crippen MR) is 94.4 cm³/mol. The second-order valence-corrected chi connectivity index (χ2v) is 3.92. The predicted octanol–water partition coefficient (Wildman–Crippen LogP) is 1.22. The molecule has 0 aliphatic carbocycles. The number of nitrogens with two attached hydrogens (primary N) is 2. The summed E-state index contributed by atoms with van der Waals surface area (Å²) in [5.74, 6) is -2.98. The van der Waals surface area contributed by atoms with Gasteiger partial charge in [0.15, 0.2) is 0 Å². The molecular formula is C15H34N2O8. The van der Waals surface area contributed by atoms with Crippen molar-refractivity contribution in [2.24, 2.45) is 11.5 Å². The number of aliphatic carboxylic acids is 4. The monoisotopic (exact) mass is 370 g/mol. The Morgan fingerprint density at radius 2 is 0.680 bits per heavy atom. The van der Waals surface area contributed by atoms with Gasteiger partial charge < -0.3 is 31.9 Å². The second-order valence-electron chi connectivity index (χ2n) is 3.92. The molecule has 0 aromatic heterocycles. The normalized spacial score (nSPS) is 7.60. The zero-order chi connectivity index (χ0) is 21.3. The zero-order valence-corrected chi connectivity index (χ0v) is 15.5. The van der Waals surface area contributed by atoms with Crippen LogP contribution in [0, 0.1) is 0 Å². The van der Waals surface area contributed by atoms with Gasteiger partial charge in [-0.3, -0.25) is 19.2 Å². The van der Waals surface area contributed by atoms with E-state index in [2.05, 4.69) is 0 Å². The molecule has 25 heavy (non-hydrogen) atoms. The minimum Gasteiger partial charge on any atom is -0.481 e. The molecular weight excluding hydrogens is 336 g/mol. The van der Waals surface area contributed by atoms with Gasteiger partial charge in [-0.15, -0.1) is 0 Å². The van der Waals surface area contributed by atoms with Gasteiger partial charge in [-0.1, -0.05) is 27.7 Å². The van der Waals surface area contributed by atoms with E-state index >= 15 is 0 Å². The third kappa shape index (κ3) is 140. The van der Waals surface area contributed by atoms with Gasteiger partial charge in [0.05, 0.1) is 0 Å². The van der Waals surface area contributed by atoms with E-state index in [1.54, 1.807) is 27.7 Å². The lowest BCUT2D eigenvalue weighted by Crippen LogP contribution is -2.06. The fraction of sp³-hybridized carbons (Fsp3) is 0.733. The lowest BCUT2D eigenvalue weighted by Gasteiger charge is -1.81. The van der Waals surface area contributed by atoms with Gasteiger partial charge in [0.25, 0.3) is 0 Å². The van der Waals surface area contributed by atoms with E-state index in [0.29, 0.717) is 0 Å². The van der Waals surface area contributed by atoms with Crippen molar-refractivity contribution in [2.75, 3.05) is 13.1 Å². The average Bonchev–Trinajstić information content (AvgIpc) is 2.57. The Labute approximate surface area is 148 Å². The van der Waals surface area contributed by atoms with E-state index in [4.69, 9.17) is 31.9 Å². The topological polar surface area (TPSA) is 201 Å². The van der Waals surface area contributed by atoms with Gasteiger partial charge in [-0.05, 0) is 19.5 Å². The van der Waals surface area contributed by atoms with Crippen LogP contribution in [0.15, 0.2) is 0 Å². The standard InChI is InChI=1S/C3H10N2.4C3H6O2/c4-2-1-3-5;4*1-2-3(4)5/h1-5H2;4*2H2,1H3,(H,4,5). The molecule has 0 bridgehead atoms. The molecule has 0 rings (SSSR count). The Morgan fingerprint density at radius 3 is 0.680 bits per heavy atom.